The minimum Gasteiger partial charge on any atom is -0.475 e. The van der Waals surface area contributed by atoms with Crippen molar-refractivity contribution in [2.45, 2.75) is 31.9 Å². The second-order valence-corrected chi connectivity index (χ2v) is 8.11. The standard InChI is InChI=1S/C17H26N4O.C2HF3O2/c1-5-17(13-21(8-1)16-18-6-2-7-19-16)12-20(9-10-22-14-17)11-15-3-4-15;3-2(4,5)1(6)7/h2,6-7,15H,1,3-5,8-14H2;(H,6,7). The summed E-state index contributed by atoms with van der Waals surface area (Å²) in [6, 6.07) is 1.88. The molecule has 1 saturated carbocycles. The van der Waals surface area contributed by atoms with Gasteiger partial charge in [0, 0.05) is 50.5 Å². The number of halogens is 3. The van der Waals surface area contributed by atoms with E-state index in [0.29, 0.717) is 0 Å². The maximum Gasteiger partial charge on any atom is 0.490 e. The number of hydrogen-bond donors (Lipinski definition) is 1. The van der Waals surface area contributed by atoms with Crippen LogP contribution in [0.3, 0.4) is 0 Å². The fourth-order valence-electron chi connectivity index (χ4n) is 3.98. The van der Waals surface area contributed by atoms with Crippen LogP contribution >= 0.6 is 0 Å². The number of piperidine rings is 1. The van der Waals surface area contributed by atoms with E-state index in [0.717, 1.165) is 44.7 Å². The molecule has 1 aliphatic carbocycles. The number of aromatic nitrogens is 2. The van der Waals surface area contributed by atoms with Crippen molar-refractivity contribution in [1.82, 2.24) is 14.9 Å². The molecule has 162 valence electrons. The summed E-state index contributed by atoms with van der Waals surface area (Å²) in [5, 5.41) is 7.12. The van der Waals surface area contributed by atoms with Crippen LogP contribution in [0.5, 0.6) is 0 Å². The highest BCUT2D eigenvalue weighted by molar-refractivity contribution is 5.73. The first-order valence-electron chi connectivity index (χ1n) is 9.90. The molecule has 1 unspecified atom stereocenters. The van der Waals surface area contributed by atoms with E-state index in [1.165, 1.54) is 38.8 Å². The Morgan fingerprint density at radius 3 is 2.55 bits per heavy atom. The fraction of sp³-hybridized carbons (Fsp3) is 0.737. The van der Waals surface area contributed by atoms with Crippen molar-refractivity contribution in [3.8, 4) is 0 Å². The second-order valence-electron chi connectivity index (χ2n) is 8.11. The number of nitrogens with zero attached hydrogens (tertiary/aromatic N) is 4. The molecule has 29 heavy (non-hydrogen) atoms. The first-order valence-corrected chi connectivity index (χ1v) is 9.90. The summed E-state index contributed by atoms with van der Waals surface area (Å²) in [7, 11) is 0. The van der Waals surface area contributed by atoms with Crippen LogP contribution in [0.1, 0.15) is 25.7 Å². The molecule has 3 heterocycles. The molecule has 7 nitrogen and oxygen atoms in total. The van der Waals surface area contributed by atoms with Crippen molar-refractivity contribution in [1.29, 1.82) is 0 Å². The molecule has 1 N–H and O–H groups in total. The number of carbonyl (C=O) groups is 1. The molecule has 2 saturated heterocycles. The van der Waals surface area contributed by atoms with E-state index < -0.39 is 12.1 Å². The van der Waals surface area contributed by atoms with Gasteiger partial charge in [-0.2, -0.15) is 13.2 Å². The lowest BCUT2D eigenvalue weighted by atomic mass is 9.80. The van der Waals surface area contributed by atoms with Gasteiger partial charge in [0.05, 0.1) is 13.2 Å². The zero-order valence-electron chi connectivity index (χ0n) is 16.3. The number of anilines is 1. The van der Waals surface area contributed by atoms with Gasteiger partial charge in [0.2, 0.25) is 5.95 Å². The summed E-state index contributed by atoms with van der Waals surface area (Å²) in [6.45, 7) is 7.40. The zero-order chi connectivity index (χ0) is 20.9. The van der Waals surface area contributed by atoms with Crippen molar-refractivity contribution in [3.05, 3.63) is 18.5 Å². The Hall–Kier alpha value is -1.94. The minimum absolute atomic E-state index is 0.253. The van der Waals surface area contributed by atoms with E-state index >= 15 is 0 Å². The Bertz CT molecular complexity index is 672. The number of alkyl halides is 3. The van der Waals surface area contributed by atoms with Gasteiger partial charge in [-0.05, 0) is 37.7 Å². The normalized spacial score (nSPS) is 25.8. The molecule has 0 aromatic carbocycles. The lowest BCUT2D eigenvalue weighted by Crippen LogP contribution is -2.51. The molecule has 1 aromatic heterocycles. The Balaban J connectivity index is 0.000000298. The molecule has 10 heteroatoms. The predicted molar refractivity (Wildman–Crippen MR) is 99.6 cm³/mol. The SMILES string of the molecule is O=C(O)C(F)(F)F.c1cnc(N2CCCC3(COCCN(CC4CC4)C3)C2)nc1. The molecule has 2 aliphatic heterocycles. The molecule has 0 radical (unpaired) electrons. The largest absolute Gasteiger partial charge is 0.490 e. The third-order valence-electron chi connectivity index (χ3n) is 5.47. The quantitative estimate of drug-likeness (QED) is 0.811. The average molecular weight is 416 g/mol. The number of hydrogen-bond acceptors (Lipinski definition) is 6. The Morgan fingerprint density at radius 2 is 1.93 bits per heavy atom. The number of carboxylic acids is 1. The van der Waals surface area contributed by atoms with Crippen molar-refractivity contribution < 1.29 is 27.8 Å². The Kier molecular flexibility index (Phi) is 6.94. The summed E-state index contributed by atoms with van der Waals surface area (Å²) in [6.07, 6.45) is 3.91. The van der Waals surface area contributed by atoms with Crippen LogP contribution in [0, 0.1) is 11.3 Å². The number of rotatable bonds is 3. The number of aliphatic carboxylic acids is 1. The smallest absolute Gasteiger partial charge is 0.475 e. The fourth-order valence-corrected chi connectivity index (χ4v) is 3.98. The van der Waals surface area contributed by atoms with Gasteiger partial charge in [-0.1, -0.05) is 0 Å². The molecule has 1 atom stereocenters. The number of ether oxygens (including phenoxy) is 1. The van der Waals surface area contributed by atoms with E-state index in [9.17, 15) is 13.2 Å². The van der Waals surface area contributed by atoms with Gasteiger partial charge in [-0.25, -0.2) is 14.8 Å². The molecule has 3 fully saturated rings. The highest BCUT2D eigenvalue weighted by atomic mass is 19.4. The maximum atomic E-state index is 10.6. The molecule has 1 aromatic rings. The summed E-state index contributed by atoms with van der Waals surface area (Å²) in [5.74, 6) is -0.931. The molecule has 1 spiro atoms. The topological polar surface area (TPSA) is 78.8 Å². The van der Waals surface area contributed by atoms with Crippen LogP contribution in [0.25, 0.3) is 0 Å². The molecule has 0 amide bonds. The van der Waals surface area contributed by atoms with Gasteiger partial charge in [0.1, 0.15) is 0 Å². The van der Waals surface area contributed by atoms with E-state index in [-0.39, 0.29) is 5.41 Å². The average Bonchev–Trinajstić information content (AvgIpc) is 3.51. The molecule has 4 rings (SSSR count). The van der Waals surface area contributed by atoms with E-state index in [1.807, 2.05) is 18.5 Å². The molecule has 3 aliphatic rings. The van der Waals surface area contributed by atoms with Crippen LogP contribution in [0.2, 0.25) is 0 Å². The molecular weight excluding hydrogens is 389 g/mol. The van der Waals surface area contributed by atoms with E-state index in [4.69, 9.17) is 14.6 Å². The van der Waals surface area contributed by atoms with Crippen molar-refractivity contribution in [2.24, 2.45) is 11.3 Å². The van der Waals surface area contributed by atoms with Crippen LogP contribution in [-0.2, 0) is 9.53 Å². The first-order chi connectivity index (χ1) is 13.8. The van der Waals surface area contributed by atoms with Gasteiger partial charge in [-0.3, -0.25) is 0 Å². The monoisotopic (exact) mass is 416 g/mol. The molecular formula is C19H27F3N4O3. The van der Waals surface area contributed by atoms with Gasteiger partial charge < -0.3 is 19.6 Å². The van der Waals surface area contributed by atoms with Crippen LogP contribution in [0.15, 0.2) is 18.5 Å². The summed E-state index contributed by atoms with van der Waals surface area (Å²) < 4.78 is 37.7. The molecule has 0 bridgehead atoms. The second kappa shape index (κ2) is 9.25. The van der Waals surface area contributed by atoms with Gasteiger partial charge in [0.15, 0.2) is 0 Å². The van der Waals surface area contributed by atoms with Crippen molar-refractivity contribution in [3.63, 3.8) is 0 Å². The van der Waals surface area contributed by atoms with E-state index in [2.05, 4.69) is 19.8 Å². The van der Waals surface area contributed by atoms with Crippen LogP contribution < -0.4 is 4.90 Å². The highest BCUT2D eigenvalue weighted by Gasteiger charge is 2.40. The summed E-state index contributed by atoms with van der Waals surface area (Å²) in [4.78, 5) is 22.8. The lowest BCUT2D eigenvalue weighted by molar-refractivity contribution is -0.192. The van der Waals surface area contributed by atoms with E-state index in [1.54, 1.807) is 0 Å². The first kappa shape index (κ1) is 21.8. The minimum atomic E-state index is -5.08. The lowest BCUT2D eigenvalue weighted by Gasteiger charge is -2.43. The van der Waals surface area contributed by atoms with Gasteiger partial charge in [0.25, 0.3) is 0 Å². The summed E-state index contributed by atoms with van der Waals surface area (Å²) >= 11 is 0. The zero-order valence-corrected chi connectivity index (χ0v) is 16.3. The third kappa shape index (κ3) is 6.53. The van der Waals surface area contributed by atoms with Crippen LogP contribution in [-0.4, -0.2) is 78.1 Å². The van der Waals surface area contributed by atoms with Crippen molar-refractivity contribution >= 4 is 11.9 Å². The Morgan fingerprint density at radius 1 is 1.24 bits per heavy atom. The highest BCUT2D eigenvalue weighted by Crippen LogP contribution is 2.36. The summed E-state index contributed by atoms with van der Waals surface area (Å²) in [5.41, 5.74) is 0.253. The van der Waals surface area contributed by atoms with Crippen LogP contribution in [0.4, 0.5) is 19.1 Å². The third-order valence-corrected chi connectivity index (χ3v) is 5.47. The van der Waals surface area contributed by atoms with Gasteiger partial charge >= 0.3 is 12.1 Å². The van der Waals surface area contributed by atoms with Crippen molar-refractivity contribution in [2.75, 3.05) is 50.8 Å². The van der Waals surface area contributed by atoms with Gasteiger partial charge in [-0.15, -0.1) is 0 Å². The predicted octanol–water partition coefficient (Wildman–Crippen LogP) is 2.44. The number of carboxylic acid groups (broad SMARTS) is 1. The maximum absolute atomic E-state index is 10.6. The Labute approximate surface area is 167 Å².